The summed E-state index contributed by atoms with van der Waals surface area (Å²) in [4.78, 5) is 33.5. The van der Waals surface area contributed by atoms with Crippen molar-refractivity contribution in [1.82, 2.24) is 0 Å². The maximum atomic E-state index is 12.1. The molecule has 0 saturated heterocycles. The van der Waals surface area contributed by atoms with Gasteiger partial charge in [0.05, 0.1) is 12.0 Å². The smallest absolute Gasteiger partial charge is 0.374 e. The Bertz CT molecular complexity index is 983. The monoisotopic (exact) mass is 371 g/mol. The maximum absolute atomic E-state index is 12.1. The second kappa shape index (κ2) is 7.56. The first-order valence-electron chi connectivity index (χ1n) is 7.66. The highest BCUT2D eigenvalue weighted by atomic mass is 16.6. The van der Waals surface area contributed by atoms with Crippen molar-refractivity contribution >= 4 is 17.6 Å². The molecule has 0 spiro atoms. The van der Waals surface area contributed by atoms with Crippen molar-refractivity contribution in [1.29, 1.82) is 0 Å². The third kappa shape index (κ3) is 4.03. The van der Waals surface area contributed by atoms with Gasteiger partial charge in [-0.3, -0.25) is 10.1 Å². The number of carbonyl (C=O) groups excluding carboxylic acids is 2. The van der Waals surface area contributed by atoms with Crippen LogP contribution in [0.5, 0.6) is 0 Å². The van der Waals surface area contributed by atoms with E-state index in [1.807, 2.05) is 0 Å². The lowest BCUT2D eigenvalue weighted by Crippen LogP contribution is -2.03. The van der Waals surface area contributed by atoms with Gasteiger partial charge in [0.2, 0.25) is 11.5 Å². The zero-order valence-electron chi connectivity index (χ0n) is 14.0. The van der Waals surface area contributed by atoms with Crippen LogP contribution >= 0.6 is 0 Å². The molecule has 27 heavy (non-hydrogen) atoms. The molecule has 9 nitrogen and oxygen atoms in total. The van der Waals surface area contributed by atoms with Crippen molar-refractivity contribution < 1.29 is 32.8 Å². The van der Waals surface area contributed by atoms with Crippen LogP contribution in [0.2, 0.25) is 0 Å². The molecule has 2 heterocycles. The molecule has 0 aliphatic heterocycles. The van der Waals surface area contributed by atoms with Crippen LogP contribution in [0.3, 0.4) is 0 Å². The van der Waals surface area contributed by atoms with Crippen molar-refractivity contribution in [2.45, 2.75) is 6.61 Å². The minimum Gasteiger partial charge on any atom is -0.463 e. The molecule has 0 aliphatic rings. The Labute approximate surface area is 152 Å². The molecule has 0 unspecified atom stereocenters. The van der Waals surface area contributed by atoms with Gasteiger partial charge in [-0.15, -0.1) is 0 Å². The van der Waals surface area contributed by atoms with Gasteiger partial charge >= 0.3 is 11.9 Å². The van der Waals surface area contributed by atoms with Crippen LogP contribution in [-0.4, -0.2) is 24.0 Å². The summed E-state index contributed by atoms with van der Waals surface area (Å²) in [5, 5.41) is 10.7. The van der Waals surface area contributed by atoms with Gasteiger partial charge in [-0.1, -0.05) is 0 Å². The molecule has 0 fully saturated rings. The number of methoxy groups -OCH3 is 1. The van der Waals surface area contributed by atoms with E-state index in [0.29, 0.717) is 11.3 Å². The van der Waals surface area contributed by atoms with Gasteiger partial charge in [0.15, 0.2) is 0 Å². The van der Waals surface area contributed by atoms with Crippen molar-refractivity contribution in [3.05, 3.63) is 75.9 Å². The lowest BCUT2D eigenvalue weighted by atomic mass is 10.1. The molecule has 138 valence electrons. The first-order valence-corrected chi connectivity index (χ1v) is 7.66. The number of carbonyl (C=O) groups is 2. The van der Waals surface area contributed by atoms with Crippen molar-refractivity contribution in [3.63, 3.8) is 0 Å². The number of nitro benzene ring substituents is 1. The summed E-state index contributed by atoms with van der Waals surface area (Å²) in [5.41, 5.74) is 0.531. The predicted molar refractivity (Wildman–Crippen MR) is 90.0 cm³/mol. The van der Waals surface area contributed by atoms with Crippen molar-refractivity contribution in [2.24, 2.45) is 0 Å². The molecule has 2 aromatic heterocycles. The number of nitrogens with zero attached hydrogens (tertiary/aromatic N) is 1. The van der Waals surface area contributed by atoms with Crippen molar-refractivity contribution in [3.8, 4) is 11.3 Å². The highest BCUT2D eigenvalue weighted by Crippen LogP contribution is 2.25. The summed E-state index contributed by atoms with van der Waals surface area (Å²) >= 11 is 0. The minimum atomic E-state index is -0.723. The first-order chi connectivity index (χ1) is 13.0. The Morgan fingerprint density at radius 3 is 2.30 bits per heavy atom. The number of non-ortho nitro benzene ring substituents is 1. The Kier molecular flexibility index (Phi) is 5.02. The second-order valence-electron chi connectivity index (χ2n) is 5.30. The topological polar surface area (TPSA) is 122 Å². The molecule has 3 rings (SSSR count). The summed E-state index contributed by atoms with van der Waals surface area (Å²) in [7, 11) is 1.23. The van der Waals surface area contributed by atoms with Gasteiger partial charge in [0.25, 0.3) is 5.69 Å². The molecule has 1 aromatic carbocycles. The number of hydrogen-bond donors (Lipinski definition) is 0. The van der Waals surface area contributed by atoms with E-state index in [0.717, 1.165) is 0 Å². The zero-order chi connectivity index (χ0) is 19.4. The Hall–Kier alpha value is -3.88. The summed E-state index contributed by atoms with van der Waals surface area (Å²) in [5.74, 6) is -0.760. The zero-order valence-corrected chi connectivity index (χ0v) is 14.0. The molecule has 0 saturated carbocycles. The average Bonchev–Trinajstić information content (AvgIpc) is 3.35. The van der Waals surface area contributed by atoms with E-state index < -0.39 is 16.9 Å². The summed E-state index contributed by atoms with van der Waals surface area (Å²) in [6.07, 6.45) is 0. The van der Waals surface area contributed by atoms with Gasteiger partial charge in [0.1, 0.15) is 18.1 Å². The third-order valence-electron chi connectivity index (χ3n) is 3.56. The molecule has 3 aromatic rings. The van der Waals surface area contributed by atoms with E-state index in [9.17, 15) is 19.7 Å². The SMILES string of the molecule is COC(=O)c1ccc(COC(=O)c2ccc(-c3ccc([N+](=O)[O-])cc3)o2)o1. The molecule has 0 N–H and O–H groups in total. The van der Waals surface area contributed by atoms with Gasteiger partial charge in [0, 0.05) is 17.7 Å². The number of rotatable bonds is 6. The second-order valence-corrected chi connectivity index (χ2v) is 5.30. The molecule has 0 atom stereocenters. The van der Waals surface area contributed by atoms with Crippen LogP contribution < -0.4 is 0 Å². The standard InChI is InChI=1S/C18H13NO8/c1-24-17(20)15-7-6-13(26-15)10-25-18(21)16-9-8-14(27-16)11-2-4-12(5-3-11)19(22)23/h2-9H,10H2,1H3. The van der Waals surface area contributed by atoms with E-state index in [1.165, 1.54) is 49.6 Å². The van der Waals surface area contributed by atoms with E-state index in [2.05, 4.69) is 4.74 Å². The minimum absolute atomic E-state index is 0.00186. The third-order valence-corrected chi connectivity index (χ3v) is 3.56. The number of ether oxygens (including phenoxy) is 2. The average molecular weight is 371 g/mol. The molecular formula is C18H13NO8. The van der Waals surface area contributed by atoms with E-state index in [-0.39, 0.29) is 29.6 Å². The quantitative estimate of drug-likeness (QED) is 0.366. The van der Waals surface area contributed by atoms with Crippen LogP contribution in [0.15, 0.2) is 57.4 Å². The largest absolute Gasteiger partial charge is 0.463 e. The Morgan fingerprint density at radius 2 is 1.63 bits per heavy atom. The number of benzene rings is 1. The van der Waals surface area contributed by atoms with Crippen molar-refractivity contribution in [2.75, 3.05) is 7.11 Å². The Balaban J connectivity index is 1.63. The fraction of sp³-hybridized carbons (Fsp3) is 0.111. The summed E-state index contributed by atoms with van der Waals surface area (Å²) < 4.78 is 20.2. The fourth-order valence-corrected chi connectivity index (χ4v) is 2.22. The molecular weight excluding hydrogens is 358 g/mol. The van der Waals surface area contributed by atoms with E-state index >= 15 is 0 Å². The van der Waals surface area contributed by atoms with Crippen LogP contribution in [0, 0.1) is 10.1 Å². The van der Waals surface area contributed by atoms with Gasteiger partial charge in [-0.05, 0) is 36.4 Å². The number of nitro groups is 1. The van der Waals surface area contributed by atoms with Gasteiger partial charge in [-0.2, -0.15) is 0 Å². The number of esters is 2. The molecule has 0 aliphatic carbocycles. The molecule has 9 heteroatoms. The maximum Gasteiger partial charge on any atom is 0.374 e. The predicted octanol–water partition coefficient (Wildman–Crippen LogP) is 3.59. The normalized spacial score (nSPS) is 10.4. The summed E-state index contributed by atoms with van der Waals surface area (Å²) in [6, 6.07) is 11.6. The Morgan fingerprint density at radius 1 is 0.963 bits per heavy atom. The van der Waals surface area contributed by atoms with Gasteiger partial charge < -0.3 is 18.3 Å². The fourth-order valence-electron chi connectivity index (χ4n) is 2.22. The molecule has 0 radical (unpaired) electrons. The first kappa shape index (κ1) is 17.9. The van der Waals surface area contributed by atoms with E-state index in [1.54, 1.807) is 6.07 Å². The highest BCUT2D eigenvalue weighted by molar-refractivity contribution is 5.87. The molecule has 0 bridgehead atoms. The van der Waals surface area contributed by atoms with Crippen LogP contribution in [0.4, 0.5) is 5.69 Å². The highest BCUT2D eigenvalue weighted by Gasteiger charge is 2.16. The van der Waals surface area contributed by atoms with Crippen LogP contribution in [0.25, 0.3) is 11.3 Å². The lowest BCUT2D eigenvalue weighted by Gasteiger charge is -2.01. The van der Waals surface area contributed by atoms with Crippen LogP contribution in [0.1, 0.15) is 26.9 Å². The lowest BCUT2D eigenvalue weighted by molar-refractivity contribution is -0.384. The number of hydrogen-bond acceptors (Lipinski definition) is 8. The van der Waals surface area contributed by atoms with Crippen LogP contribution in [-0.2, 0) is 16.1 Å². The summed E-state index contributed by atoms with van der Waals surface area (Å²) in [6.45, 7) is -0.191. The van der Waals surface area contributed by atoms with Gasteiger partial charge in [-0.25, -0.2) is 9.59 Å². The van der Waals surface area contributed by atoms with E-state index in [4.69, 9.17) is 13.6 Å². The number of furan rings is 2. The molecule has 0 amide bonds.